The Labute approximate surface area is 217 Å². The number of urea groups is 1. The van der Waals surface area contributed by atoms with Gasteiger partial charge in [-0.05, 0) is 67.4 Å². The maximum absolute atomic E-state index is 13.3. The van der Waals surface area contributed by atoms with Gasteiger partial charge >= 0.3 is 6.03 Å². The second-order valence-electron chi connectivity index (χ2n) is 8.26. The molecule has 36 heavy (non-hydrogen) atoms. The molecule has 0 atom stereocenters. The number of nitrogens with zero attached hydrogens (tertiary/aromatic N) is 1. The zero-order valence-electron chi connectivity index (χ0n) is 19.9. The monoisotopic (exact) mass is 548 g/mol. The lowest BCUT2D eigenvalue weighted by Crippen LogP contribution is -2.54. The first-order valence-electron chi connectivity index (χ1n) is 11.5. The predicted molar refractivity (Wildman–Crippen MR) is 141 cm³/mol. The van der Waals surface area contributed by atoms with E-state index in [0.29, 0.717) is 36.0 Å². The van der Waals surface area contributed by atoms with Crippen LogP contribution in [-0.2, 0) is 16.2 Å². The highest BCUT2D eigenvalue weighted by Gasteiger charge is 2.37. The molecule has 184 valence electrons. The number of carbonyl (C=O) groups excluding carboxylic acids is 3. The lowest BCUT2D eigenvalue weighted by Gasteiger charge is -2.26. The van der Waals surface area contributed by atoms with Crippen LogP contribution in [0, 0.1) is 6.92 Å². The number of rotatable bonds is 8. The Balaban J connectivity index is 1.55. The van der Waals surface area contributed by atoms with Gasteiger partial charge in [-0.1, -0.05) is 52.7 Å². The second-order valence-corrected chi connectivity index (χ2v) is 9.17. The smallest absolute Gasteiger partial charge is 0.335 e. The maximum atomic E-state index is 13.3. The molecule has 3 aromatic rings. The van der Waals surface area contributed by atoms with E-state index in [0.717, 1.165) is 21.4 Å². The van der Waals surface area contributed by atoms with E-state index in [1.54, 1.807) is 36.4 Å². The number of carbonyl (C=O) groups is 3. The van der Waals surface area contributed by atoms with Crippen molar-refractivity contribution < 1.29 is 23.9 Å². The largest absolute Gasteiger partial charge is 0.493 e. The lowest BCUT2D eigenvalue weighted by atomic mass is 10.1. The third-order valence-corrected chi connectivity index (χ3v) is 5.95. The van der Waals surface area contributed by atoms with Crippen LogP contribution in [-0.4, -0.2) is 24.5 Å². The van der Waals surface area contributed by atoms with Gasteiger partial charge in [-0.15, -0.1) is 0 Å². The van der Waals surface area contributed by atoms with E-state index in [9.17, 15) is 14.4 Å². The first-order chi connectivity index (χ1) is 17.4. The zero-order valence-corrected chi connectivity index (χ0v) is 21.5. The molecule has 0 spiro atoms. The molecule has 1 aliphatic heterocycles. The highest BCUT2D eigenvalue weighted by molar-refractivity contribution is 9.10. The van der Waals surface area contributed by atoms with E-state index in [-0.39, 0.29) is 5.57 Å². The summed E-state index contributed by atoms with van der Waals surface area (Å²) in [6.45, 7) is 4.88. The van der Waals surface area contributed by atoms with Crippen LogP contribution in [0.2, 0.25) is 0 Å². The maximum Gasteiger partial charge on any atom is 0.335 e. The number of hydrogen-bond acceptors (Lipinski definition) is 5. The molecule has 1 fully saturated rings. The Morgan fingerprint density at radius 3 is 2.36 bits per heavy atom. The van der Waals surface area contributed by atoms with Crippen molar-refractivity contribution in [3.63, 3.8) is 0 Å². The summed E-state index contributed by atoms with van der Waals surface area (Å²) in [5.41, 5.74) is 2.89. The molecule has 0 saturated carbocycles. The van der Waals surface area contributed by atoms with Crippen molar-refractivity contribution in [2.45, 2.75) is 26.9 Å². The van der Waals surface area contributed by atoms with Crippen LogP contribution in [0.25, 0.3) is 6.08 Å². The normalized spacial score (nSPS) is 14.7. The van der Waals surface area contributed by atoms with Gasteiger partial charge in [-0.3, -0.25) is 14.9 Å². The third-order valence-electron chi connectivity index (χ3n) is 5.46. The molecule has 0 radical (unpaired) electrons. The Morgan fingerprint density at radius 1 is 0.944 bits per heavy atom. The second kappa shape index (κ2) is 11.2. The van der Waals surface area contributed by atoms with Gasteiger partial charge in [0.1, 0.15) is 23.7 Å². The van der Waals surface area contributed by atoms with Crippen molar-refractivity contribution >= 4 is 45.5 Å². The molecule has 0 aromatic heterocycles. The van der Waals surface area contributed by atoms with Crippen LogP contribution in [0.5, 0.6) is 11.5 Å². The summed E-state index contributed by atoms with van der Waals surface area (Å²) in [7, 11) is 0. The molecular weight excluding hydrogens is 524 g/mol. The summed E-state index contributed by atoms with van der Waals surface area (Å²) in [6.07, 6.45) is 2.24. The van der Waals surface area contributed by atoms with E-state index in [1.807, 2.05) is 44.2 Å². The lowest BCUT2D eigenvalue weighted by molar-refractivity contribution is -0.122. The minimum Gasteiger partial charge on any atom is -0.493 e. The molecule has 3 aromatic carbocycles. The molecule has 1 N–H and O–H groups in total. The number of amides is 4. The van der Waals surface area contributed by atoms with E-state index in [2.05, 4.69) is 21.2 Å². The first kappa shape index (κ1) is 25.2. The number of barbiturate groups is 1. The molecule has 1 heterocycles. The van der Waals surface area contributed by atoms with Crippen LogP contribution >= 0.6 is 15.9 Å². The van der Waals surface area contributed by atoms with Crippen molar-refractivity contribution in [3.8, 4) is 11.5 Å². The predicted octanol–water partition coefficient (Wildman–Crippen LogP) is 5.79. The third kappa shape index (κ3) is 5.83. The molecule has 1 saturated heterocycles. The van der Waals surface area contributed by atoms with Gasteiger partial charge in [-0.2, -0.15) is 0 Å². The minimum absolute atomic E-state index is 0.172. The average molecular weight is 549 g/mol. The number of hydrogen-bond donors (Lipinski definition) is 1. The Morgan fingerprint density at radius 2 is 1.67 bits per heavy atom. The van der Waals surface area contributed by atoms with Crippen molar-refractivity contribution in [2.75, 3.05) is 11.5 Å². The van der Waals surface area contributed by atoms with Crippen LogP contribution in [0.4, 0.5) is 10.5 Å². The molecule has 0 aliphatic carbocycles. The highest BCUT2D eigenvalue weighted by Crippen LogP contribution is 2.29. The van der Waals surface area contributed by atoms with Gasteiger partial charge in [0, 0.05) is 10.0 Å². The first-order valence-corrected chi connectivity index (χ1v) is 12.3. The van der Waals surface area contributed by atoms with E-state index in [4.69, 9.17) is 9.47 Å². The number of imide groups is 2. The topological polar surface area (TPSA) is 84.9 Å². The van der Waals surface area contributed by atoms with Gasteiger partial charge in [0.25, 0.3) is 11.8 Å². The van der Waals surface area contributed by atoms with Crippen molar-refractivity contribution in [1.29, 1.82) is 0 Å². The van der Waals surface area contributed by atoms with Crippen LogP contribution in [0.3, 0.4) is 0 Å². The van der Waals surface area contributed by atoms with Crippen molar-refractivity contribution in [3.05, 3.63) is 93.5 Å². The van der Waals surface area contributed by atoms with Gasteiger partial charge < -0.3 is 9.47 Å². The van der Waals surface area contributed by atoms with Crippen LogP contribution in [0.15, 0.2) is 76.8 Å². The quantitative estimate of drug-likeness (QED) is 0.284. The zero-order chi connectivity index (χ0) is 25.7. The Kier molecular flexibility index (Phi) is 7.85. The number of nitrogens with one attached hydrogen (secondary N) is 1. The fraction of sp³-hybridized carbons (Fsp3) is 0.179. The molecule has 4 amide bonds. The standard InChI is InChI=1S/C28H25BrN2O5/c1-3-14-35-25-13-8-21(29)15-20(25)16-24-26(32)30-28(34)31(27(24)33)22-9-11-23(12-10-22)36-17-19-6-4-18(2)5-7-19/h4-13,15-16H,3,14,17H2,1-2H3,(H,30,32,34)/b24-16+. The summed E-state index contributed by atoms with van der Waals surface area (Å²) in [5.74, 6) is -0.367. The molecule has 0 unspecified atom stereocenters. The van der Waals surface area contributed by atoms with Gasteiger partial charge in [0.15, 0.2) is 0 Å². The van der Waals surface area contributed by atoms with E-state index in [1.165, 1.54) is 11.6 Å². The number of ether oxygens (including phenoxy) is 2. The number of anilines is 1. The summed E-state index contributed by atoms with van der Waals surface area (Å²) in [6, 6.07) is 19.1. The SMILES string of the molecule is CCCOc1ccc(Br)cc1/C=C1\C(=O)NC(=O)N(c2ccc(OCc3ccc(C)cc3)cc2)C1=O. The molecule has 0 bridgehead atoms. The Hall–Kier alpha value is -3.91. The van der Waals surface area contributed by atoms with Crippen LogP contribution in [0.1, 0.15) is 30.0 Å². The molecule has 8 heteroatoms. The van der Waals surface area contributed by atoms with Crippen molar-refractivity contribution in [2.24, 2.45) is 0 Å². The average Bonchev–Trinajstić information content (AvgIpc) is 2.86. The Bertz CT molecular complexity index is 1320. The van der Waals surface area contributed by atoms with Gasteiger partial charge in [0.05, 0.1) is 12.3 Å². The van der Waals surface area contributed by atoms with Gasteiger partial charge in [0.2, 0.25) is 0 Å². The fourth-order valence-corrected chi connectivity index (χ4v) is 3.94. The summed E-state index contributed by atoms with van der Waals surface area (Å²) >= 11 is 3.41. The van der Waals surface area contributed by atoms with E-state index < -0.39 is 17.8 Å². The minimum atomic E-state index is -0.813. The molecule has 4 rings (SSSR count). The molecular formula is C28H25BrN2O5. The molecule has 1 aliphatic rings. The number of halogens is 1. The van der Waals surface area contributed by atoms with Gasteiger partial charge in [-0.25, -0.2) is 9.69 Å². The summed E-state index contributed by atoms with van der Waals surface area (Å²) < 4.78 is 12.3. The highest BCUT2D eigenvalue weighted by atomic mass is 79.9. The summed E-state index contributed by atoms with van der Waals surface area (Å²) in [4.78, 5) is 39.4. The van der Waals surface area contributed by atoms with Crippen LogP contribution < -0.4 is 19.7 Å². The number of aryl methyl sites for hydroxylation is 1. The molecule has 7 nitrogen and oxygen atoms in total. The summed E-state index contributed by atoms with van der Waals surface area (Å²) in [5, 5.41) is 2.25. The number of benzene rings is 3. The van der Waals surface area contributed by atoms with Crippen molar-refractivity contribution in [1.82, 2.24) is 5.32 Å². The fourth-order valence-electron chi connectivity index (χ4n) is 3.57. The van der Waals surface area contributed by atoms with E-state index >= 15 is 0 Å².